The smallest absolute Gasteiger partial charge is 0.275 e. The summed E-state index contributed by atoms with van der Waals surface area (Å²) in [7, 11) is 0. The van der Waals surface area contributed by atoms with Crippen molar-refractivity contribution >= 4 is 18.3 Å². The summed E-state index contributed by atoms with van der Waals surface area (Å²) in [6.45, 7) is 1.77. The molecule has 1 aromatic rings. The van der Waals surface area contributed by atoms with Crippen LogP contribution in [0.1, 0.15) is 23.7 Å². The average molecular weight is 257 g/mol. The molecule has 6 heteroatoms. The first-order valence-corrected chi connectivity index (χ1v) is 5.82. The maximum Gasteiger partial charge on any atom is 0.275 e. The van der Waals surface area contributed by atoms with Crippen LogP contribution in [0.25, 0.3) is 0 Å². The minimum absolute atomic E-state index is 0.143. The van der Waals surface area contributed by atoms with Crippen LogP contribution in [0, 0.1) is 17.0 Å². The third kappa shape index (κ3) is 3.42. The molecule has 1 rings (SSSR count). The van der Waals surface area contributed by atoms with Crippen LogP contribution in [0.3, 0.4) is 0 Å². The Morgan fingerprint density at radius 3 is 2.65 bits per heavy atom. The molecule has 17 heavy (non-hydrogen) atoms. The highest BCUT2D eigenvalue weighted by atomic mass is 32.1. The van der Waals surface area contributed by atoms with E-state index in [2.05, 4.69) is 12.6 Å². The minimum atomic E-state index is -1.26. The van der Waals surface area contributed by atoms with Gasteiger partial charge in [0.15, 0.2) is 0 Å². The van der Waals surface area contributed by atoms with Gasteiger partial charge < -0.3 is 10.2 Å². The predicted molar refractivity (Wildman–Crippen MR) is 67.3 cm³/mol. The Kier molecular flexibility index (Phi) is 4.92. The second-order valence-corrected chi connectivity index (χ2v) is 4.29. The highest BCUT2D eigenvalue weighted by molar-refractivity contribution is 7.80. The van der Waals surface area contributed by atoms with Crippen molar-refractivity contribution in [2.45, 2.75) is 25.6 Å². The topological polar surface area (TPSA) is 83.6 Å². The monoisotopic (exact) mass is 257 g/mol. The first kappa shape index (κ1) is 14.0. The zero-order valence-corrected chi connectivity index (χ0v) is 10.3. The van der Waals surface area contributed by atoms with E-state index < -0.39 is 17.1 Å². The summed E-state index contributed by atoms with van der Waals surface area (Å²) >= 11 is 3.95. The fourth-order valence-corrected chi connectivity index (χ4v) is 1.84. The van der Waals surface area contributed by atoms with Crippen molar-refractivity contribution in [2.24, 2.45) is 0 Å². The van der Waals surface area contributed by atoms with Gasteiger partial charge in [-0.05, 0) is 25.2 Å². The molecular formula is C11H15NO4S. The van der Waals surface area contributed by atoms with E-state index >= 15 is 0 Å². The van der Waals surface area contributed by atoms with Gasteiger partial charge in [-0.15, -0.1) is 0 Å². The van der Waals surface area contributed by atoms with E-state index in [0.717, 1.165) is 5.56 Å². The SMILES string of the molecule is Cc1ccc([N+](=O)[O-])c(C(O)C(O)CCS)c1. The van der Waals surface area contributed by atoms with Crippen LogP contribution in [0.5, 0.6) is 0 Å². The maximum absolute atomic E-state index is 10.8. The highest BCUT2D eigenvalue weighted by Gasteiger charge is 2.25. The molecule has 5 nitrogen and oxygen atoms in total. The van der Waals surface area contributed by atoms with E-state index in [1.807, 2.05) is 0 Å². The Hall–Kier alpha value is -1.11. The lowest BCUT2D eigenvalue weighted by Gasteiger charge is -2.17. The fraction of sp³-hybridized carbons (Fsp3) is 0.455. The lowest BCUT2D eigenvalue weighted by Crippen LogP contribution is -2.19. The van der Waals surface area contributed by atoms with Crippen LogP contribution in [0.2, 0.25) is 0 Å². The van der Waals surface area contributed by atoms with E-state index in [4.69, 9.17) is 0 Å². The Labute approximate surface area is 105 Å². The van der Waals surface area contributed by atoms with Gasteiger partial charge in [0.25, 0.3) is 5.69 Å². The molecule has 0 saturated heterocycles. The van der Waals surface area contributed by atoms with Gasteiger partial charge in [0.05, 0.1) is 16.6 Å². The molecule has 2 unspecified atom stereocenters. The molecule has 0 heterocycles. The Balaban J connectivity index is 3.10. The molecular weight excluding hydrogens is 242 g/mol. The number of aryl methyl sites for hydroxylation is 1. The van der Waals surface area contributed by atoms with Crippen LogP contribution in [-0.2, 0) is 0 Å². The summed E-state index contributed by atoms with van der Waals surface area (Å²) in [5, 5.41) is 30.3. The number of aliphatic hydroxyl groups is 2. The lowest BCUT2D eigenvalue weighted by atomic mass is 9.99. The van der Waals surface area contributed by atoms with Gasteiger partial charge in [-0.25, -0.2) is 0 Å². The Bertz CT molecular complexity index is 410. The first-order chi connectivity index (χ1) is 7.97. The van der Waals surface area contributed by atoms with Crippen LogP contribution < -0.4 is 0 Å². The Morgan fingerprint density at radius 1 is 1.47 bits per heavy atom. The van der Waals surface area contributed by atoms with E-state index in [9.17, 15) is 20.3 Å². The molecule has 0 amide bonds. The predicted octanol–water partition coefficient (Wildman–Crippen LogP) is 1.62. The molecule has 0 aliphatic heterocycles. The molecule has 0 aliphatic rings. The number of thiol groups is 1. The molecule has 0 aromatic heterocycles. The number of nitrogens with zero attached hydrogens (tertiary/aromatic N) is 1. The van der Waals surface area contributed by atoms with Gasteiger partial charge >= 0.3 is 0 Å². The van der Waals surface area contributed by atoms with E-state index in [0.29, 0.717) is 5.75 Å². The van der Waals surface area contributed by atoms with Crippen molar-refractivity contribution in [1.82, 2.24) is 0 Å². The largest absolute Gasteiger partial charge is 0.390 e. The molecule has 0 radical (unpaired) electrons. The van der Waals surface area contributed by atoms with Gasteiger partial charge in [0, 0.05) is 6.07 Å². The summed E-state index contributed by atoms with van der Waals surface area (Å²) in [4.78, 5) is 10.3. The standard InChI is InChI=1S/C11H15NO4S/c1-7-2-3-9(12(15)16)8(6-7)11(14)10(13)4-5-17/h2-3,6,10-11,13-14,17H,4-5H2,1H3. The van der Waals surface area contributed by atoms with E-state index in [1.54, 1.807) is 13.0 Å². The third-order valence-corrected chi connectivity index (χ3v) is 2.75. The number of benzene rings is 1. The second kappa shape index (κ2) is 6.00. The summed E-state index contributed by atoms with van der Waals surface area (Å²) < 4.78 is 0. The molecule has 0 fully saturated rings. The van der Waals surface area contributed by atoms with Crippen molar-refractivity contribution in [3.63, 3.8) is 0 Å². The molecule has 0 spiro atoms. The van der Waals surface area contributed by atoms with Crippen LogP contribution in [0.4, 0.5) is 5.69 Å². The number of nitro benzene ring substituents is 1. The molecule has 0 aliphatic carbocycles. The van der Waals surface area contributed by atoms with Crippen molar-refractivity contribution in [1.29, 1.82) is 0 Å². The van der Waals surface area contributed by atoms with Gasteiger partial charge in [-0.3, -0.25) is 10.1 Å². The van der Waals surface area contributed by atoms with Gasteiger partial charge in [-0.1, -0.05) is 11.6 Å². The van der Waals surface area contributed by atoms with Crippen LogP contribution in [-0.4, -0.2) is 27.0 Å². The minimum Gasteiger partial charge on any atom is -0.390 e. The molecule has 0 saturated carbocycles. The number of hydrogen-bond acceptors (Lipinski definition) is 5. The van der Waals surface area contributed by atoms with Gasteiger partial charge in [0.2, 0.25) is 0 Å². The number of aliphatic hydroxyl groups excluding tert-OH is 2. The zero-order valence-electron chi connectivity index (χ0n) is 9.41. The summed E-state index contributed by atoms with van der Waals surface area (Å²) in [6.07, 6.45) is -2.04. The van der Waals surface area contributed by atoms with E-state index in [-0.39, 0.29) is 17.7 Å². The van der Waals surface area contributed by atoms with Crippen molar-refractivity contribution in [2.75, 3.05) is 5.75 Å². The van der Waals surface area contributed by atoms with E-state index in [1.165, 1.54) is 12.1 Å². The van der Waals surface area contributed by atoms with Gasteiger partial charge in [0.1, 0.15) is 6.10 Å². The summed E-state index contributed by atoms with van der Waals surface area (Å²) in [5.74, 6) is 0.401. The first-order valence-electron chi connectivity index (χ1n) is 5.19. The molecule has 0 bridgehead atoms. The summed E-state index contributed by atoms with van der Waals surface area (Å²) in [6, 6.07) is 4.45. The number of hydrogen-bond donors (Lipinski definition) is 3. The molecule has 2 atom stereocenters. The second-order valence-electron chi connectivity index (χ2n) is 3.84. The normalized spacial score (nSPS) is 14.4. The number of rotatable bonds is 5. The van der Waals surface area contributed by atoms with Crippen molar-refractivity contribution < 1.29 is 15.1 Å². The third-order valence-electron chi connectivity index (χ3n) is 2.49. The fourth-order valence-electron chi connectivity index (χ4n) is 1.57. The maximum atomic E-state index is 10.8. The summed E-state index contributed by atoms with van der Waals surface area (Å²) in [5.41, 5.74) is 0.758. The highest BCUT2D eigenvalue weighted by Crippen LogP contribution is 2.29. The van der Waals surface area contributed by atoms with Crippen molar-refractivity contribution in [3.05, 3.63) is 39.4 Å². The lowest BCUT2D eigenvalue weighted by molar-refractivity contribution is -0.386. The van der Waals surface area contributed by atoms with Crippen LogP contribution in [0.15, 0.2) is 18.2 Å². The average Bonchev–Trinajstić information content (AvgIpc) is 2.27. The Morgan fingerprint density at radius 2 is 2.12 bits per heavy atom. The van der Waals surface area contributed by atoms with Crippen LogP contribution >= 0.6 is 12.6 Å². The van der Waals surface area contributed by atoms with Gasteiger partial charge in [-0.2, -0.15) is 12.6 Å². The molecule has 2 N–H and O–H groups in total. The zero-order chi connectivity index (χ0) is 13.0. The number of nitro groups is 1. The quantitative estimate of drug-likeness (QED) is 0.425. The molecule has 94 valence electrons. The molecule has 1 aromatic carbocycles. The van der Waals surface area contributed by atoms with Crippen molar-refractivity contribution in [3.8, 4) is 0 Å².